The van der Waals surface area contributed by atoms with Gasteiger partial charge in [-0.3, -0.25) is 4.79 Å². The number of piperazine rings is 1. The van der Waals surface area contributed by atoms with E-state index in [4.69, 9.17) is 0 Å². The van der Waals surface area contributed by atoms with E-state index in [0.717, 1.165) is 50.4 Å². The Kier molecular flexibility index (Phi) is 6.36. The van der Waals surface area contributed by atoms with Crippen LogP contribution in [0.3, 0.4) is 0 Å². The molecule has 2 N–H and O–H groups in total. The molecular formula is C20H30N4O2. The summed E-state index contributed by atoms with van der Waals surface area (Å²) >= 11 is 0. The van der Waals surface area contributed by atoms with Crippen molar-refractivity contribution in [3.63, 3.8) is 0 Å². The third-order valence-corrected chi connectivity index (χ3v) is 5.30. The number of benzene rings is 1. The number of nitrogens with zero attached hydrogens (tertiary/aromatic N) is 2. The lowest BCUT2D eigenvalue weighted by molar-refractivity contribution is -0.114. The van der Waals surface area contributed by atoms with Crippen LogP contribution in [0.5, 0.6) is 0 Å². The van der Waals surface area contributed by atoms with Crippen molar-refractivity contribution >= 4 is 23.3 Å². The number of anilines is 2. The standard InChI is InChI=1S/C20H30N4O2/c1-16(25)21-18-8-10-19(11-9-18)23-12-14-24(15-13-23)20(26)22-17-6-4-2-3-5-7-17/h8-11,17H,2-7,12-15H2,1H3,(H,21,25)(H,22,26). The highest BCUT2D eigenvalue weighted by molar-refractivity contribution is 5.88. The highest BCUT2D eigenvalue weighted by atomic mass is 16.2. The van der Waals surface area contributed by atoms with Crippen LogP contribution >= 0.6 is 0 Å². The predicted octanol–water partition coefficient (Wildman–Crippen LogP) is 3.20. The van der Waals surface area contributed by atoms with Gasteiger partial charge in [0.05, 0.1) is 0 Å². The van der Waals surface area contributed by atoms with E-state index >= 15 is 0 Å². The molecule has 1 saturated carbocycles. The second-order valence-electron chi connectivity index (χ2n) is 7.34. The second-order valence-corrected chi connectivity index (χ2v) is 7.34. The third-order valence-electron chi connectivity index (χ3n) is 5.30. The Bertz CT molecular complexity index is 601. The van der Waals surface area contributed by atoms with Crippen LogP contribution < -0.4 is 15.5 Å². The first-order valence-corrected chi connectivity index (χ1v) is 9.80. The van der Waals surface area contributed by atoms with E-state index < -0.39 is 0 Å². The molecule has 2 aliphatic rings. The van der Waals surface area contributed by atoms with Gasteiger partial charge in [-0.05, 0) is 37.1 Å². The van der Waals surface area contributed by atoms with Crippen molar-refractivity contribution in [1.82, 2.24) is 10.2 Å². The Labute approximate surface area is 155 Å². The van der Waals surface area contributed by atoms with Crippen molar-refractivity contribution in [2.24, 2.45) is 0 Å². The van der Waals surface area contributed by atoms with Crippen LogP contribution in [0.1, 0.15) is 45.4 Å². The number of rotatable bonds is 3. The molecule has 0 aromatic heterocycles. The van der Waals surface area contributed by atoms with Crippen LogP contribution in [0.4, 0.5) is 16.2 Å². The summed E-state index contributed by atoms with van der Waals surface area (Å²) in [6, 6.07) is 8.32. The van der Waals surface area contributed by atoms with Gasteiger partial charge in [-0.2, -0.15) is 0 Å². The van der Waals surface area contributed by atoms with Gasteiger partial charge >= 0.3 is 6.03 Å². The minimum Gasteiger partial charge on any atom is -0.368 e. The van der Waals surface area contributed by atoms with E-state index in [0.29, 0.717) is 6.04 Å². The molecule has 0 spiro atoms. The molecule has 1 aliphatic carbocycles. The fraction of sp³-hybridized carbons (Fsp3) is 0.600. The first-order chi connectivity index (χ1) is 12.6. The summed E-state index contributed by atoms with van der Waals surface area (Å²) in [5, 5.41) is 6.02. The number of nitrogens with one attached hydrogen (secondary N) is 2. The zero-order valence-electron chi connectivity index (χ0n) is 15.7. The molecule has 1 saturated heterocycles. The lowest BCUT2D eigenvalue weighted by atomic mass is 10.1. The molecule has 1 heterocycles. The average molecular weight is 358 g/mol. The Morgan fingerprint density at radius 1 is 0.923 bits per heavy atom. The summed E-state index contributed by atoms with van der Waals surface area (Å²) in [6.07, 6.45) is 7.29. The van der Waals surface area contributed by atoms with Gasteiger partial charge in [0.15, 0.2) is 0 Å². The topological polar surface area (TPSA) is 64.7 Å². The maximum absolute atomic E-state index is 12.5. The predicted molar refractivity (Wildman–Crippen MR) is 105 cm³/mol. The molecule has 3 amide bonds. The highest BCUT2D eigenvalue weighted by Gasteiger charge is 2.23. The molecule has 0 radical (unpaired) electrons. The van der Waals surface area contributed by atoms with E-state index in [2.05, 4.69) is 15.5 Å². The number of hydrogen-bond donors (Lipinski definition) is 2. The molecule has 3 rings (SSSR count). The van der Waals surface area contributed by atoms with Crippen LogP contribution in [0, 0.1) is 0 Å². The first-order valence-electron chi connectivity index (χ1n) is 9.80. The van der Waals surface area contributed by atoms with E-state index in [9.17, 15) is 9.59 Å². The molecule has 1 aliphatic heterocycles. The van der Waals surface area contributed by atoms with Crippen LogP contribution in [-0.2, 0) is 4.79 Å². The van der Waals surface area contributed by atoms with Gasteiger partial charge in [0, 0.05) is 50.5 Å². The monoisotopic (exact) mass is 358 g/mol. The Morgan fingerprint density at radius 3 is 2.12 bits per heavy atom. The van der Waals surface area contributed by atoms with E-state index in [1.165, 1.54) is 32.6 Å². The molecule has 2 fully saturated rings. The number of urea groups is 1. The molecule has 6 nitrogen and oxygen atoms in total. The molecule has 0 unspecified atom stereocenters. The van der Waals surface area contributed by atoms with Crippen LogP contribution in [0.2, 0.25) is 0 Å². The van der Waals surface area contributed by atoms with E-state index in [-0.39, 0.29) is 11.9 Å². The summed E-state index contributed by atoms with van der Waals surface area (Å²) in [5.74, 6) is -0.0638. The molecule has 1 aromatic carbocycles. The fourth-order valence-corrected chi connectivity index (χ4v) is 3.82. The summed E-state index contributed by atoms with van der Waals surface area (Å²) in [6.45, 7) is 4.65. The lowest BCUT2D eigenvalue weighted by Gasteiger charge is -2.36. The third kappa shape index (κ3) is 5.13. The molecule has 0 atom stereocenters. The van der Waals surface area contributed by atoms with Crippen LogP contribution in [-0.4, -0.2) is 49.1 Å². The fourth-order valence-electron chi connectivity index (χ4n) is 3.82. The quantitative estimate of drug-likeness (QED) is 0.816. The average Bonchev–Trinajstić information content (AvgIpc) is 2.91. The zero-order valence-corrected chi connectivity index (χ0v) is 15.7. The van der Waals surface area contributed by atoms with Gasteiger partial charge in [0.1, 0.15) is 0 Å². The molecule has 0 bridgehead atoms. The van der Waals surface area contributed by atoms with Crippen LogP contribution in [0.25, 0.3) is 0 Å². The Balaban J connectivity index is 1.47. The summed E-state index contributed by atoms with van der Waals surface area (Å²) < 4.78 is 0. The zero-order chi connectivity index (χ0) is 18.4. The molecular weight excluding hydrogens is 328 g/mol. The first kappa shape index (κ1) is 18.5. The van der Waals surface area contributed by atoms with Crippen molar-refractivity contribution in [3.8, 4) is 0 Å². The van der Waals surface area contributed by atoms with Gasteiger partial charge in [-0.15, -0.1) is 0 Å². The van der Waals surface area contributed by atoms with Crippen molar-refractivity contribution in [3.05, 3.63) is 24.3 Å². The highest BCUT2D eigenvalue weighted by Crippen LogP contribution is 2.20. The SMILES string of the molecule is CC(=O)Nc1ccc(N2CCN(C(=O)NC3CCCCCC3)CC2)cc1. The molecule has 1 aromatic rings. The van der Waals surface area contributed by atoms with Gasteiger partial charge in [-0.1, -0.05) is 25.7 Å². The molecule has 142 valence electrons. The molecule has 6 heteroatoms. The van der Waals surface area contributed by atoms with Gasteiger partial charge in [-0.25, -0.2) is 4.79 Å². The van der Waals surface area contributed by atoms with Crippen molar-refractivity contribution in [2.75, 3.05) is 36.4 Å². The summed E-state index contributed by atoms with van der Waals surface area (Å²) in [7, 11) is 0. The van der Waals surface area contributed by atoms with Gasteiger partial charge < -0.3 is 20.4 Å². The van der Waals surface area contributed by atoms with Crippen molar-refractivity contribution in [2.45, 2.75) is 51.5 Å². The van der Waals surface area contributed by atoms with Crippen LogP contribution in [0.15, 0.2) is 24.3 Å². The van der Waals surface area contributed by atoms with Crippen molar-refractivity contribution < 1.29 is 9.59 Å². The smallest absolute Gasteiger partial charge is 0.317 e. The normalized spacial score (nSPS) is 19.0. The Morgan fingerprint density at radius 2 is 1.54 bits per heavy atom. The maximum atomic E-state index is 12.5. The number of carbonyl (C=O) groups excluding carboxylic acids is 2. The van der Waals surface area contributed by atoms with E-state index in [1.54, 1.807) is 0 Å². The summed E-state index contributed by atoms with van der Waals surface area (Å²) in [5.41, 5.74) is 1.94. The van der Waals surface area contributed by atoms with E-state index in [1.807, 2.05) is 29.2 Å². The minimum atomic E-state index is -0.0638. The maximum Gasteiger partial charge on any atom is 0.317 e. The second kappa shape index (κ2) is 8.92. The van der Waals surface area contributed by atoms with Gasteiger partial charge in [0.25, 0.3) is 0 Å². The number of carbonyl (C=O) groups is 2. The largest absolute Gasteiger partial charge is 0.368 e. The molecule has 26 heavy (non-hydrogen) atoms. The van der Waals surface area contributed by atoms with Crippen molar-refractivity contribution in [1.29, 1.82) is 0 Å². The minimum absolute atomic E-state index is 0.0638. The van der Waals surface area contributed by atoms with Gasteiger partial charge in [0.2, 0.25) is 5.91 Å². The Hall–Kier alpha value is -2.24. The number of amides is 3. The number of hydrogen-bond acceptors (Lipinski definition) is 3. The summed E-state index contributed by atoms with van der Waals surface area (Å²) in [4.78, 5) is 27.8. The lowest BCUT2D eigenvalue weighted by Crippen LogP contribution is -2.53.